The Morgan fingerprint density at radius 1 is 1.00 bits per heavy atom. The number of ether oxygens (including phenoxy) is 3. The van der Waals surface area contributed by atoms with E-state index in [1.54, 1.807) is 18.2 Å². The summed E-state index contributed by atoms with van der Waals surface area (Å²) in [5.74, 6) is 0.963. The van der Waals surface area contributed by atoms with Crippen LogP contribution in [0.4, 0.5) is 17.1 Å². The number of rotatable bonds is 8. The molecule has 0 saturated carbocycles. The van der Waals surface area contributed by atoms with Crippen molar-refractivity contribution in [1.29, 1.82) is 0 Å². The molecule has 2 rings (SSSR count). The van der Waals surface area contributed by atoms with Crippen LogP contribution in [0.5, 0.6) is 17.2 Å². The van der Waals surface area contributed by atoms with Crippen LogP contribution in [-0.4, -0.2) is 40.3 Å². The van der Waals surface area contributed by atoms with Crippen LogP contribution in [0.25, 0.3) is 0 Å². The molecular formula is C20H27N3O4. The molecule has 0 unspecified atom stereocenters. The highest BCUT2D eigenvalue weighted by molar-refractivity contribution is 6.05. The third-order valence-corrected chi connectivity index (χ3v) is 4.32. The lowest BCUT2D eigenvalue weighted by Crippen LogP contribution is -2.23. The minimum absolute atomic E-state index is 0.302. The molecule has 0 aliphatic rings. The molecule has 7 nitrogen and oxygen atoms in total. The normalized spacial score (nSPS) is 10.3. The maximum atomic E-state index is 12.7. The van der Waals surface area contributed by atoms with Crippen molar-refractivity contribution in [1.82, 2.24) is 0 Å². The summed E-state index contributed by atoms with van der Waals surface area (Å²) in [6.45, 7) is 5.86. The van der Waals surface area contributed by atoms with Crippen molar-refractivity contribution in [2.45, 2.75) is 13.8 Å². The fourth-order valence-corrected chi connectivity index (χ4v) is 2.90. The third kappa shape index (κ3) is 4.36. The minimum Gasteiger partial charge on any atom is -0.493 e. The van der Waals surface area contributed by atoms with Gasteiger partial charge in [-0.1, -0.05) is 0 Å². The van der Waals surface area contributed by atoms with Gasteiger partial charge in [0.1, 0.15) is 0 Å². The van der Waals surface area contributed by atoms with Crippen molar-refractivity contribution in [2.75, 3.05) is 50.4 Å². The number of nitrogens with zero attached hydrogens (tertiary/aromatic N) is 1. The molecule has 7 heteroatoms. The summed E-state index contributed by atoms with van der Waals surface area (Å²) in [5, 5.41) is 2.85. The summed E-state index contributed by atoms with van der Waals surface area (Å²) in [5.41, 5.74) is 8.73. The summed E-state index contributed by atoms with van der Waals surface area (Å²) in [7, 11) is 4.53. The highest BCUT2D eigenvalue weighted by Crippen LogP contribution is 2.38. The summed E-state index contributed by atoms with van der Waals surface area (Å²) >= 11 is 0. The molecule has 0 aliphatic heterocycles. The second kappa shape index (κ2) is 9.02. The van der Waals surface area contributed by atoms with Gasteiger partial charge in [-0.3, -0.25) is 4.79 Å². The molecule has 0 spiro atoms. The molecule has 0 radical (unpaired) electrons. The zero-order valence-electron chi connectivity index (χ0n) is 16.5. The summed E-state index contributed by atoms with van der Waals surface area (Å²) in [6, 6.07) is 8.70. The zero-order chi connectivity index (χ0) is 20.0. The van der Waals surface area contributed by atoms with E-state index in [0.717, 1.165) is 18.8 Å². The number of methoxy groups -OCH3 is 3. The molecule has 0 aliphatic carbocycles. The van der Waals surface area contributed by atoms with Gasteiger partial charge in [0.25, 0.3) is 5.91 Å². The summed E-state index contributed by atoms with van der Waals surface area (Å²) in [6.07, 6.45) is 0. The van der Waals surface area contributed by atoms with Gasteiger partial charge in [-0.2, -0.15) is 0 Å². The van der Waals surface area contributed by atoms with Crippen molar-refractivity contribution in [3.8, 4) is 17.2 Å². The number of nitrogens with two attached hydrogens (primary N) is 1. The lowest BCUT2D eigenvalue weighted by Gasteiger charge is -2.23. The Labute approximate surface area is 160 Å². The molecular weight excluding hydrogens is 346 g/mol. The summed E-state index contributed by atoms with van der Waals surface area (Å²) in [4.78, 5) is 14.8. The van der Waals surface area contributed by atoms with E-state index in [9.17, 15) is 4.79 Å². The first-order valence-electron chi connectivity index (χ1n) is 8.74. The molecule has 146 valence electrons. The van der Waals surface area contributed by atoms with Gasteiger partial charge in [-0.25, -0.2) is 0 Å². The van der Waals surface area contributed by atoms with Gasteiger partial charge in [0.15, 0.2) is 11.5 Å². The maximum Gasteiger partial charge on any atom is 0.255 e. The number of anilines is 3. The first-order valence-corrected chi connectivity index (χ1v) is 8.74. The van der Waals surface area contributed by atoms with Crippen molar-refractivity contribution >= 4 is 23.0 Å². The average Bonchev–Trinajstić information content (AvgIpc) is 2.68. The minimum atomic E-state index is -0.302. The molecule has 2 aromatic carbocycles. The van der Waals surface area contributed by atoms with Crippen molar-refractivity contribution < 1.29 is 19.0 Å². The first-order chi connectivity index (χ1) is 13.0. The smallest absolute Gasteiger partial charge is 0.255 e. The molecule has 1 amide bonds. The number of nitrogens with one attached hydrogen (secondary N) is 1. The Morgan fingerprint density at radius 3 is 2.04 bits per heavy atom. The lowest BCUT2D eigenvalue weighted by atomic mass is 10.1. The van der Waals surface area contributed by atoms with E-state index in [-0.39, 0.29) is 5.91 Å². The van der Waals surface area contributed by atoms with Crippen LogP contribution >= 0.6 is 0 Å². The molecule has 0 aromatic heterocycles. The van der Waals surface area contributed by atoms with E-state index in [2.05, 4.69) is 24.1 Å². The van der Waals surface area contributed by atoms with Gasteiger partial charge in [-0.05, 0) is 44.2 Å². The number of hydrogen-bond donors (Lipinski definition) is 2. The SMILES string of the molecule is CCN(CC)c1ccc(NC(=O)c2cc(OC)c(OC)c(OC)c2)cc1N. The lowest BCUT2D eigenvalue weighted by molar-refractivity contribution is 0.102. The van der Waals surface area contributed by atoms with Gasteiger partial charge in [0, 0.05) is 24.3 Å². The van der Waals surface area contributed by atoms with E-state index in [4.69, 9.17) is 19.9 Å². The van der Waals surface area contributed by atoms with Gasteiger partial charge in [0.05, 0.1) is 32.7 Å². The number of amides is 1. The zero-order valence-corrected chi connectivity index (χ0v) is 16.5. The molecule has 0 heterocycles. The van der Waals surface area contributed by atoms with Crippen molar-refractivity contribution in [2.24, 2.45) is 0 Å². The van der Waals surface area contributed by atoms with Gasteiger partial charge in [0.2, 0.25) is 5.75 Å². The van der Waals surface area contributed by atoms with E-state index < -0.39 is 0 Å². The number of hydrogen-bond acceptors (Lipinski definition) is 6. The van der Waals surface area contributed by atoms with Crippen molar-refractivity contribution in [3.05, 3.63) is 35.9 Å². The topological polar surface area (TPSA) is 86.1 Å². The molecule has 0 bridgehead atoms. The molecule has 0 saturated heterocycles. The largest absolute Gasteiger partial charge is 0.493 e. The van der Waals surface area contributed by atoms with Crippen LogP contribution in [0.3, 0.4) is 0 Å². The van der Waals surface area contributed by atoms with E-state index in [1.807, 2.05) is 12.1 Å². The Balaban J connectivity index is 2.28. The quantitative estimate of drug-likeness (QED) is 0.690. The monoisotopic (exact) mass is 373 g/mol. The fourth-order valence-electron chi connectivity index (χ4n) is 2.90. The van der Waals surface area contributed by atoms with Gasteiger partial charge in [-0.15, -0.1) is 0 Å². The third-order valence-electron chi connectivity index (χ3n) is 4.32. The number of benzene rings is 2. The van der Waals surface area contributed by atoms with E-state index in [1.165, 1.54) is 21.3 Å². The van der Waals surface area contributed by atoms with Crippen LogP contribution in [0.15, 0.2) is 30.3 Å². The molecule has 3 N–H and O–H groups in total. The predicted molar refractivity (Wildman–Crippen MR) is 108 cm³/mol. The van der Waals surface area contributed by atoms with Crippen LogP contribution in [0.2, 0.25) is 0 Å². The molecule has 0 atom stereocenters. The number of carbonyl (C=O) groups excluding carboxylic acids is 1. The Hall–Kier alpha value is -3.09. The van der Waals surface area contributed by atoms with Crippen LogP contribution in [0, 0.1) is 0 Å². The predicted octanol–water partition coefficient (Wildman–Crippen LogP) is 3.39. The maximum absolute atomic E-state index is 12.7. The first kappa shape index (κ1) is 20.2. The molecule has 0 fully saturated rings. The van der Waals surface area contributed by atoms with Crippen LogP contribution < -0.4 is 30.2 Å². The highest BCUT2D eigenvalue weighted by atomic mass is 16.5. The Bertz CT molecular complexity index is 779. The highest BCUT2D eigenvalue weighted by Gasteiger charge is 2.17. The van der Waals surface area contributed by atoms with Gasteiger partial charge < -0.3 is 30.2 Å². The molecule has 2 aromatic rings. The Kier molecular flexibility index (Phi) is 6.76. The summed E-state index contributed by atoms with van der Waals surface area (Å²) < 4.78 is 15.9. The van der Waals surface area contributed by atoms with Crippen LogP contribution in [0.1, 0.15) is 24.2 Å². The second-order valence-electron chi connectivity index (χ2n) is 5.81. The van der Waals surface area contributed by atoms with Gasteiger partial charge >= 0.3 is 0 Å². The average molecular weight is 373 g/mol. The van der Waals surface area contributed by atoms with E-state index >= 15 is 0 Å². The second-order valence-corrected chi connectivity index (χ2v) is 5.81. The standard InChI is InChI=1S/C20H27N3O4/c1-6-23(7-2)16-9-8-14(12-15(16)21)22-20(24)13-10-17(25-3)19(27-5)18(11-13)26-4/h8-12H,6-7,21H2,1-5H3,(H,22,24). The molecule has 27 heavy (non-hydrogen) atoms. The van der Waals surface area contributed by atoms with Crippen LogP contribution in [-0.2, 0) is 0 Å². The number of nitrogen functional groups attached to an aromatic ring is 1. The fraction of sp³-hybridized carbons (Fsp3) is 0.350. The Morgan fingerprint density at radius 2 is 1.59 bits per heavy atom. The number of carbonyl (C=O) groups is 1. The van der Waals surface area contributed by atoms with E-state index in [0.29, 0.717) is 34.2 Å². The van der Waals surface area contributed by atoms with Crippen molar-refractivity contribution in [3.63, 3.8) is 0 Å².